The predicted molar refractivity (Wildman–Crippen MR) is 89.1 cm³/mol. The summed E-state index contributed by atoms with van der Waals surface area (Å²) >= 11 is 1.57. The molecule has 0 radical (unpaired) electrons. The van der Waals surface area contributed by atoms with Crippen LogP contribution < -0.4 is 0 Å². The maximum atomic E-state index is 11.4. The molecule has 0 saturated heterocycles. The summed E-state index contributed by atoms with van der Waals surface area (Å²) in [6, 6.07) is 13.0. The van der Waals surface area contributed by atoms with Crippen LogP contribution in [0.1, 0.15) is 28.4 Å². The number of esters is 1. The van der Waals surface area contributed by atoms with Gasteiger partial charge in [-0.05, 0) is 53.9 Å². The summed E-state index contributed by atoms with van der Waals surface area (Å²) in [4.78, 5) is 24.3. The van der Waals surface area contributed by atoms with Crippen molar-refractivity contribution >= 4 is 23.7 Å². The molecular weight excluding hydrogens is 312 g/mol. The molecule has 2 aromatic carbocycles. The van der Waals surface area contributed by atoms with Crippen LogP contribution in [0.25, 0.3) is 0 Å². The molecule has 0 aromatic heterocycles. The molecule has 0 aliphatic heterocycles. The smallest absolute Gasteiger partial charge is 0.337 e. The number of aliphatic carboxylic acids is 1. The number of methoxy groups -OCH3 is 1. The highest BCUT2D eigenvalue weighted by atomic mass is 32.2. The van der Waals surface area contributed by atoms with Gasteiger partial charge in [0.2, 0.25) is 0 Å². The second-order valence-electron chi connectivity index (χ2n) is 4.97. The van der Waals surface area contributed by atoms with Crippen LogP contribution in [0.2, 0.25) is 0 Å². The first-order valence-electron chi connectivity index (χ1n) is 7.23. The molecule has 4 nitrogen and oxygen atoms in total. The van der Waals surface area contributed by atoms with Crippen LogP contribution in [0.15, 0.2) is 52.3 Å². The minimum absolute atomic E-state index is 0.0436. The van der Waals surface area contributed by atoms with Gasteiger partial charge in [0, 0.05) is 9.79 Å². The van der Waals surface area contributed by atoms with E-state index in [1.165, 1.54) is 7.11 Å². The molecule has 23 heavy (non-hydrogen) atoms. The standard InChI is InChI=1S/C18H18O4S/c1-3-12-10-16(9-6-14(12)11-17(19)20)23-15-7-4-13(5-8-15)18(21)22-2/h4-10H,3,11H2,1-2H3,(H,19,20). The van der Waals surface area contributed by atoms with Gasteiger partial charge in [0.25, 0.3) is 0 Å². The third-order valence-corrected chi connectivity index (χ3v) is 4.41. The SMILES string of the molecule is CCc1cc(Sc2ccc(C(=O)OC)cc2)ccc1CC(=O)O. The summed E-state index contributed by atoms with van der Waals surface area (Å²) in [5.41, 5.74) is 2.41. The van der Waals surface area contributed by atoms with Crippen LogP contribution in [0.3, 0.4) is 0 Å². The quantitative estimate of drug-likeness (QED) is 0.816. The minimum Gasteiger partial charge on any atom is -0.481 e. The van der Waals surface area contributed by atoms with Crippen molar-refractivity contribution in [3.8, 4) is 0 Å². The van der Waals surface area contributed by atoms with Gasteiger partial charge in [-0.25, -0.2) is 4.79 Å². The number of carboxylic acid groups (broad SMARTS) is 1. The van der Waals surface area contributed by atoms with Gasteiger partial charge in [0.05, 0.1) is 19.1 Å². The number of aryl methyl sites for hydroxylation is 1. The Morgan fingerprint density at radius 1 is 1.04 bits per heavy atom. The first-order valence-corrected chi connectivity index (χ1v) is 8.05. The van der Waals surface area contributed by atoms with E-state index < -0.39 is 5.97 Å². The Morgan fingerprint density at radius 3 is 2.26 bits per heavy atom. The highest BCUT2D eigenvalue weighted by Gasteiger charge is 2.09. The molecule has 5 heteroatoms. The monoisotopic (exact) mass is 330 g/mol. The number of carbonyl (C=O) groups is 2. The number of hydrogen-bond acceptors (Lipinski definition) is 4. The number of hydrogen-bond donors (Lipinski definition) is 1. The Balaban J connectivity index is 2.16. The molecule has 0 saturated carbocycles. The molecule has 0 unspecified atom stereocenters. The molecule has 1 N–H and O–H groups in total. The zero-order chi connectivity index (χ0) is 16.8. The molecule has 120 valence electrons. The number of benzene rings is 2. The van der Waals surface area contributed by atoms with E-state index in [2.05, 4.69) is 4.74 Å². The van der Waals surface area contributed by atoms with Crippen molar-refractivity contribution in [3.63, 3.8) is 0 Å². The molecule has 0 bridgehead atoms. The fraction of sp³-hybridized carbons (Fsp3) is 0.222. The maximum Gasteiger partial charge on any atom is 0.337 e. The molecule has 0 aliphatic rings. The Labute approximate surface area is 139 Å². The largest absolute Gasteiger partial charge is 0.481 e. The highest BCUT2D eigenvalue weighted by molar-refractivity contribution is 7.99. The zero-order valence-corrected chi connectivity index (χ0v) is 13.9. The van der Waals surface area contributed by atoms with Crippen molar-refractivity contribution in [1.29, 1.82) is 0 Å². The summed E-state index contributed by atoms with van der Waals surface area (Å²) in [6.45, 7) is 2.01. The van der Waals surface area contributed by atoms with Crippen LogP contribution in [0.4, 0.5) is 0 Å². The zero-order valence-electron chi connectivity index (χ0n) is 13.0. The van der Waals surface area contributed by atoms with Crippen molar-refractivity contribution in [2.75, 3.05) is 7.11 Å². The van der Waals surface area contributed by atoms with Gasteiger partial charge < -0.3 is 9.84 Å². The van der Waals surface area contributed by atoms with E-state index in [1.54, 1.807) is 23.9 Å². The molecule has 2 rings (SSSR count). The second kappa shape index (κ2) is 7.83. The van der Waals surface area contributed by atoms with Crippen LogP contribution in [0.5, 0.6) is 0 Å². The van der Waals surface area contributed by atoms with Crippen molar-refractivity contribution in [2.24, 2.45) is 0 Å². The summed E-state index contributed by atoms with van der Waals surface area (Å²) in [6.07, 6.45) is 0.834. The van der Waals surface area contributed by atoms with E-state index >= 15 is 0 Å². The lowest BCUT2D eigenvalue weighted by molar-refractivity contribution is -0.136. The maximum absolute atomic E-state index is 11.4. The molecule has 0 heterocycles. The van der Waals surface area contributed by atoms with Gasteiger partial charge in [-0.1, -0.05) is 24.8 Å². The topological polar surface area (TPSA) is 63.6 Å². The fourth-order valence-corrected chi connectivity index (χ4v) is 3.12. The lowest BCUT2D eigenvalue weighted by atomic mass is 10.0. The summed E-state index contributed by atoms with van der Waals surface area (Å²) in [5.74, 6) is -1.17. The number of ether oxygens (including phenoxy) is 1. The summed E-state index contributed by atoms with van der Waals surface area (Å²) < 4.78 is 4.68. The average molecular weight is 330 g/mol. The normalized spacial score (nSPS) is 10.3. The first kappa shape index (κ1) is 17.1. The van der Waals surface area contributed by atoms with E-state index in [1.807, 2.05) is 37.3 Å². The number of rotatable bonds is 6. The Hall–Kier alpha value is -2.27. The number of carbonyl (C=O) groups excluding carboxylic acids is 1. The van der Waals surface area contributed by atoms with E-state index in [-0.39, 0.29) is 12.4 Å². The molecule has 0 aliphatic carbocycles. The molecule has 2 aromatic rings. The van der Waals surface area contributed by atoms with Crippen LogP contribution in [-0.4, -0.2) is 24.2 Å². The van der Waals surface area contributed by atoms with Gasteiger partial charge in [-0.2, -0.15) is 0 Å². The van der Waals surface area contributed by atoms with Gasteiger partial charge in [-0.15, -0.1) is 0 Å². The fourth-order valence-electron chi connectivity index (χ4n) is 2.24. The lowest BCUT2D eigenvalue weighted by Gasteiger charge is -2.09. The molecule has 0 spiro atoms. The van der Waals surface area contributed by atoms with Gasteiger partial charge in [0.1, 0.15) is 0 Å². The molecule has 0 fully saturated rings. The van der Waals surface area contributed by atoms with E-state index in [9.17, 15) is 9.59 Å². The third kappa shape index (κ3) is 4.60. The van der Waals surface area contributed by atoms with Gasteiger partial charge >= 0.3 is 11.9 Å². The minimum atomic E-state index is -0.821. The average Bonchev–Trinajstić information content (AvgIpc) is 2.55. The van der Waals surface area contributed by atoms with E-state index in [0.717, 1.165) is 27.3 Å². The van der Waals surface area contributed by atoms with Crippen LogP contribution in [-0.2, 0) is 22.4 Å². The Kier molecular flexibility index (Phi) is 5.82. The van der Waals surface area contributed by atoms with Crippen molar-refractivity contribution in [3.05, 3.63) is 59.2 Å². The molecular formula is C18H18O4S. The summed E-state index contributed by atoms with van der Waals surface area (Å²) in [7, 11) is 1.36. The van der Waals surface area contributed by atoms with E-state index in [0.29, 0.717) is 5.56 Å². The Bertz CT molecular complexity index is 707. The van der Waals surface area contributed by atoms with Gasteiger partial charge in [0.15, 0.2) is 0 Å². The second-order valence-corrected chi connectivity index (χ2v) is 6.12. The summed E-state index contributed by atoms with van der Waals surface area (Å²) in [5, 5.41) is 8.94. The highest BCUT2D eigenvalue weighted by Crippen LogP contribution is 2.30. The Morgan fingerprint density at radius 2 is 1.70 bits per heavy atom. The molecule has 0 atom stereocenters. The van der Waals surface area contributed by atoms with Crippen molar-refractivity contribution in [1.82, 2.24) is 0 Å². The van der Waals surface area contributed by atoms with Crippen molar-refractivity contribution in [2.45, 2.75) is 29.6 Å². The first-order chi connectivity index (χ1) is 11.0. The predicted octanol–water partition coefficient (Wildman–Crippen LogP) is 3.81. The number of carboxylic acids is 1. The van der Waals surface area contributed by atoms with E-state index in [4.69, 9.17) is 5.11 Å². The van der Waals surface area contributed by atoms with Gasteiger partial charge in [-0.3, -0.25) is 4.79 Å². The third-order valence-electron chi connectivity index (χ3n) is 3.41. The van der Waals surface area contributed by atoms with Crippen molar-refractivity contribution < 1.29 is 19.4 Å². The van der Waals surface area contributed by atoms with Crippen LogP contribution in [0, 0.1) is 0 Å². The lowest BCUT2D eigenvalue weighted by Crippen LogP contribution is -2.03. The molecule has 0 amide bonds. The van der Waals surface area contributed by atoms with Crippen LogP contribution >= 0.6 is 11.8 Å².